The maximum Gasteiger partial charge on any atom is 0.227 e. The number of benzene rings is 1. The molecule has 1 fully saturated rings. The van der Waals surface area contributed by atoms with Crippen LogP contribution in [0.2, 0.25) is 0 Å². The van der Waals surface area contributed by atoms with Crippen molar-refractivity contribution in [1.82, 2.24) is 20.5 Å². The van der Waals surface area contributed by atoms with Gasteiger partial charge < -0.3 is 15.5 Å². The Kier molecular flexibility index (Phi) is 7.72. The van der Waals surface area contributed by atoms with Crippen LogP contribution in [0.1, 0.15) is 36.9 Å². The van der Waals surface area contributed by atoms with Crippen molar-refractivity contribution in [3.63, 3.8) is 0 Å². The first-order chi connectivity index (χ1) is 15.7. The number of hydrogen-bond acceptors (Lipinski definition) is 4. The normalized spacial score (nSPS) is 17.3. The molecule has 1 saturated heterocycles. The average molecular weight is 435 g/mol. The van der Waals surface area contributed by atoms with Crippen molar-refractivity contribution >= 4 is 17.6 Å². The number of carbonyl (C=O) groups is 1. The minimum absolute atomic E-state index is 0.208. The molecule has 170 valence electrons. The van der Waals surface area contributed by atoms with Crippen molar-refractivity contribution in [3.8, 4) is 0 Å². The maximum atomic E-state index is 12.6. The number of para-hydroxylation sites is 1. The standard InChI is InChI=1S/C25H34N6O/c1-26-25(29-21-12-16-30(17-13-21)19-22-8-4-5-14-27-22)28-15-6-10-24(32)31-18-11-20-7-2-3-9-23(20)31/h2-5,7-9,14,21H,6,10-13,15-19H2,1H3,(H2,26,28,29). The molecule has 4 rings (SSSR count). The molecule has 1 aromatic carbocycles. The number of fused-ring (bicyclic) bond motifs is 1. The number of amides is 1. The molecule has 7 nitrogen and oxygen atoms in total. The lowest BCUT2D eigenvalue weighted by Gasteiger charge is -2.32. The SMILES string of the molecule is CN=C(NCCCC(=O)N1CCc2ccccc21)NC1CCN(Cc2ccccn2)CC1. The fourth-order valence-electron chi connectivity index (χ4n) is 4.52. The number of hydrogen-bond donors (Lipinski definition) is 2. The highest BCUT2D eigenvalue weighted by Crippen LogP contribution is 2.28. The summed E-state index contributed by atoms with van der Waals surface area (Å²) in [6.45, 7) is 4.55. The van der Waals surface area contributed by atoms with Crippen LogP contribution in [0.3, 0.4) is 0 Å². The highest BCUT2D eigenvalue weighted by atomic mass is 16.2. The highest BCUT2D eigenvalue weighted by Gasteiger charge is 2.24. The van der Waals surface area contributed by atoms with E-state index in [0.717, 1.165) is 75.7 Å². The summed E-state index contributed by atoms with van der Waals surface area (Å²) in [6, 6.07) is 14.7. The van der Waals surface area contributed by atoms with Gasteiger partial charge in [-0.05, 0) is 49.4 Å². The molecule has 32 heavy (non-hydrogen) atoms. The van der Waals surface area contributed by atoms with Gasteiger partial charge in [-0.15, -0.1) is 0 Å². The number of nitrogens with zero attached hydrogens (tertiary/aromatic N) is 4. The quantitative estimate of drug-likeness (QED) is 0.398. The van der Waals surface area contributed by atoms with Crippen LogP contribution >= 0.6 is 0 Å². The Labute approximate surface area is 190 Å². The van der Waals surface area contributed by atoms with Gasteiger partial charge in [-0.1, -0.05) is 24.3 Å². The smallest absolute Gasteiger partial charge is 0.227 e. The van der Waals surface area contributed by atoms with Crippen molar-refractivity contribution in [2.45, 2.75) is 44.7 Å². The molecule has 1 amide bonds. The first-order valence-corrected chi connectivity index (χ1v) is 11.7. The summed E-state index contributed by atoms with van der Waals surface area (Å²) in [5, 5.41) is 6.92. The zero-order valence-corrected chi connectivity index (χ0v) is 19.0. The summed E-state index contributed by atoms with van der Waals surface area (Å²) >= 11 is 0. The minimum atomic E-state index is 0.208. The second-order valence-electron chi connectivity index (χ2n) is 8.54. The van der Waals surface area contributed by atoms with Crippen LogP contribution in [-0.2, 0) is 17.8 Å². The second-order valence-corrected chi connectivity index (χ2v) is 8.54. The fourth-order valence-corrected chi connectivity index (χ4v) is 4.52. The summed E-state index contributed by atoms with van der Waals surface area (Å²) < 4.78 is 0. The molecular weight excluding hydrogens is 400 g/mol. The van der Waals surface area contributed by atoms with E-state index in [1.807, 2.05) is 41.4 Å². The molecule has 1 aromatic heterocycles. The molecule has 0 aliphatic carbocycles. The van der Waals surface area contributed by atoms with Crippen LogP contribution in [0.4, 0.5) is 5.69 Å². The van der Waals surface area contributed by atoms with Crippen LogP contribution in [0.5, 0.6) is 0 Å². The topological polar surface area (TPSA) is 72.9 Å². The number of pyridine rings is 1. The van der Waals surface area contributed by atoms with Gasteiger partial charge in [0, 0.05) is 64.1 Å². The molecule has 0 bridgehead atoms. The van der Waals surface area contributed by atoms with E-state index in [-0.39, 0.29) is 5.91 Å². The summed E-state index contributed by atoms with van der Waals surface area (Å²) in [5.41, 5.74) is 3.48. The van der Waals surface area contributed by atoms with Gasteiger partial charge in [0.25, 0.3) is 0 Å². The number of rotatable bonds is 7. The molecule has 2 aromatic rings. The van der Waals surface area contributed by atoms with Crippen LogP contribution in [0.25, 0.3) is 0 Å². The van der Waals surface area contributed by atoms with Crippen molar-refractivity contribution in [2.75, 3.05) is 38.1 Å². The van der Waals surface area contributed by atoms with Gasteiger partial charge in [-0.2, -0.15) is 0 Å². The van der Waals surface area contributed by atoms with Crippen molar-refractivity contribution in [2.24, 2.45) is 4.99 Å². The van der Waals surface area contributed by atoms with E-state index in [9.17, 15) is 4.79 Å². The molecule has 2 aliphatic rings. The number of anilines is 1. The molecule has 0 saturated carbocycles. The van der Waals surface area contributed by atoms with E-state index in [1.165, 1.54) is 5.56 Å². The van der Waals surface area contributed by atoms with Crippen molar-refractivity contribution < 1.29 is 4.79 Å². The van der Waals surface area contributed by atoms with Crippen LogP contribution in [-0.4, -0.2) is 61.0 Å². The van der Waals surface area contributed by atoms with E-state index in [0.29, 0.717) is 12.5 Å². The van der Waals surface area contributed by atoms with Gasteiger partial charge in [-0.25, -0.2) is 0 Å². The first kappa shape index (κ1) is 22.3. The van der Waals surface area contributed by atoms with Gasteiger partial charge in [-0.3, -0.25) is 19.7 Å². The van der Waals surface area contributed by atoms with Gasteiger partial charge >= 0.3 is 0 Å². The third-order valence-electron chi connectivity index (χ3n) is 6.31. The Morgan fingerprint density at radius 2 is 1.94 bits per heavy atom. The van der Waals surface area contributed by atoms with Crippen LogP contribution < -0.4 is 15.5 Å². The monoisotopic (exact) mass is 434 g/mol. The number of aromatic nitrogens is 1. The third-order valence-corrected chi connectivity index (χ3v) is 6.31. The Morgan fingerprint density at radius 3 is 2.72 bits per heavy atom. The van der Waals surface area contributed by atoms with E-state index in [2.05, 4.69) is 37.6 Å². The lowest BCUT2D eigenvalue weighted by Crippen LogP contribution is -2.48. The third kappa shape index (κ3) is 5.85. The molecule has 0 spiro atoms. The lowest BCUT2D eigenvalue weighted by atomic mass is 10.0. The summed E-state index contributed by atoms with van der Waals surface area (Å²) in [6.07, 6.45) is 6.32. The number of guanidine groups is 1. The van der Waals surface area contributed by atoms with Crippen LogP contribution in [0, 0.1) is 0 Å². The Hall–Kier alpha value is -2.93. The Bertz CT molecular complexity index is 908. The fraction of sp³-hybridized carbons (Fsp3) is 0.480. The molecule has 0 unspecified atom stereocenters. The van der Waals surface area contributed by atoms with Crippen molar-refractivity contribution in [3.05, 3.63) is 59.9 Å². The molecule has 2 aliphatic heterocycles. The summed E-state index contributed by atoms with van der Waals surface area (Å²) in [5.74, 6) is 1.03. The van der Waals surface area contributed by atoms with Gasteiger partial charge in [0.2, 0.25) is 5.91 Å². The molecule has 2 N–H and O–H groups in total. The summed E-state index contributed by atoms with van der Waals surface area (Å²) in [4.78, 5) is 25.8. The number of likely N-dealkylation sites (tertiary alicyclic amines) is 1. The molecule has 0 radical (unpaired) electrons. The number of carbonyl (C=O) groups excluding carboxylic acids is 1. The molecule has 7 heteroatoms. The molecule has 0 atom stereocenters. The summed E-state index contributed by atoms with van der Waals surface area (Å²) in [7, 11) is 1.80. The Balaban J connectivity index is 1.13. The number of nitrogens with one attached hydrogen (secondary N) is 2. The average Bonchev–Trinajstić information content (AvgIpc) is 3.27. The van der Waals surface area contributed by atoms with E-state index < -0.39 is 0 Å². The highest BCUT2D eigenvalue weighted by molar-refractivity contribution is 5.95. The van der Waals surface area contributed by atoms with Crippen molar-refractivity contribution in [1.29, 1.82) is 0 Å². The Morgan fingerprint density at radius 1 is 1.12 bits per heavy atom. The maximum absolute atomic E-state index is 12.6. The molecule has 3 heterocycles. The van der Waals surface area contributed by atoms with Gasteiger partial charge in [0.1, 0.15) is 0 Å². The predicted molar refractivity (Wildman–Crippen MR) is 129 cm³/mol. The van der Waals surface area contributed by atoms with E-state index >= 15 is 0 Å². The van der Waals surface area contributed by atoms with E-state index in [1.54, 1.807) is 7.05 Å². The minimum Gasteiger partial charge on any atom is -0.356 e. The molecular formula is C25H34N6O. The van der Waals surface area contributed by atoms with Gasteiger partial charge in [0.15, 0.2) is 5.96 Å². The predicted octanol–water partition coefficient (Wildman–Crippen LogP) is 2.58. The van der Waals surface area contributed by atoms with E-state index in [4.69, 9.17) is 0 Å². The largest absolute Gasteiger partial charge is 0.356 e. The first-order valence-electron chi connectivity index (χ1n) is 11.7. The second kappa shape index (κ2) is 11.1. The number of aliphatic imine (C=N–C) groups is 1. The zero-order valence-electron chi connectivity index (χ0n) is 19.0. The number of piperidine rings is 1. The van der Waals surface area contributed by atoms with Gasteiger partial charge in [0.05, 0.1) is 5.69 Å². The lowest BCUT2D eigenvalue weighted by molar-refractivity contribution is -0.118. The van der Waals surface area contributed by atoms with Crippen LogP contribution in [0.15, 0.2) is 53.7 Å². The zero-order chi connectivity index (χ0) is 22.2.